The molecule has 0 N–H and O–H groups in total. The topological polar surface area (TPSA) is 43.4 Å². The molecule has 0 saturated heterocycles. The second-order valence-electron chi connectivity index (χ2n) is 4.41. The van der Waals surface area contributed by atoms with Gasteiger partial charge in [0.05, 0.1) is 0 Å². The van der Waals surface area contributed by atoms with E-state index in [4.69, 9.17) is 0 Å². The molecule has 1 aromatic rings. The van der Waals surface area contributed by atoms with Gasteiger partial charge in [-0.3, -0.25) is 0 Å². The normalized spacial score (nSPS) is 12.4. The summed E-state index contributed by atoms with van der Waals surface area (Å²) in [5.41, 5.74) is 0.959. The molecule has 0 saturated carbocycles. The van der Waals surface area contributed by atoms with Gasteiger partial charge in [-0.05, 0) is 30.5 Å². The minimum atomic E-state index is -5.31. The number of alkyl halides is 3. The Labute approximate surface area is 116 Å². The van der Waals surface area contributed by atoms with Crippen LogP contribution in [0.4, 0.5) is 13.2 Å². The first-order chi connectivity index (χ1) is 9.32. The maximum atomic E-state index is 12.8. The summed E-state index contributed by atoms with van der Waals surface area (Å²) in [6.07, 6.45) is 3.98. The lowest BCUT2D eigenvalue weighted by Crippen LogP contribution is -2.34. The zero-order chi connectivity index (χ0) is 15.2. The van der Waals surface area contributed by atoms with Crippen LogP contribution in [-0.4, -0.2) is 20.3 Å². The summed E-state index contributed by atoms with van der Waals surface area (Å²) in [7, 11) is -5.31. The molecule has 7 heteroatoms. The van der Waals surface area contributed by atoms with Crippen LogP contribution in [-0.2, 0) is 16.5 Å². The Hall–Kier alpha value is -1.24. The molecule has 3 nitrogen and oxygen atoms in total. The maximum Gasteiger partial charge on any atom is 0.407 e. The van der Waals surface area contributed by atoms with E-state index in [2.05, 4.69) is 11.1 Å². The Morgan fingerprint density at radius 1 is 1.15 bits per heavy atom. The minimum Gasteiger partial charge on any atom is -0.378 e. The molecular weight excluding hydrogens is 293 g/mol. The Bertz CT molecular complexity index is 512. The van der Waals surface area contributed by atoms with Crippen molar-refractivity contribution in [2.45, 2.75) is 37.9 Å². The maximum absolute atomic E-state index is 12.8. The van der Waals surface area contributed by atoms with Crippen molar-refractivity contribution < 1.29 is 25.8 Å². The molecule has 0 aliphatic heterocycles. The highest BCUT2D eigenvalue weighted by atomic mass is 32.2. The van der Waals surface area contributed by atoms with E-state index < -0.39 is 22.0 Å². The number of hydrogen-bond acceptors (Lipinski definition) is 3. The summed E-state index contributed by atoms with van der Waals surface area (Å²) in [5.74, 6) is -0.252. The number of unbranched alkanes of at least 4 members (excludes halogenated alkanes) is 2. The van der Waals surface area contributed by atoms with Gasteiger partial charge in [0, 0.05) is 0 Å². The second kappa shape index (κ2) is 6.97. The number of benzene rings is 1. The van der Waals surface area contributed by atoms with Crippen molar-refractivity contribution >= 4 is 10.1 Å². The van der Waals surface area contributed by atoms with Gasteiger partial charge in [-0.25, -0.2) is 4.39 Å². The van der Waals surface area contributed by atoms with Crippen molar-refractivity contribution in [3.05, 3.63) is 29.8 Å². The van der Waals surface area contributed by atoms with Crippen LogP contribution < -0.4 is 4.18 Å². The van der Waals surface area contributed by atoms with Gasteiger partial charge in [0.1, 0.15) is 5.75 Å². The van der Waals surface area contributed by atoms with E-state index in [0.29, 0.717) is 0 Å². The van der Waals surface area contributed by atoms with Crippen LogP contribution in [0.3, 0.4) is 0 Å². The molecule has 0 radical (unpaired) electrons. The Morgan fingerprint density at radius 3 is 2.25 bits per heavy atom. The third-order valence-electron chi connectivity index (χ3n) is 2.72. The zero-order valence-electron chi connectivity index (χ0n) is 11.1. The lowest BCUT2D eigenvalue weighted by atomic mass is 10.1. The highest BCUT2D eigenvalue weighted by Gasteiger charge is 2.47. The molecule has 0 aliphatic rings. The molecule has 114 valence electrons. The summed E-state index contributed by atoms with van der Waals surface area (Å²) >= 11 is 0. The van der Waals surface area contributed by atoms with E-state index >= 15 is 0 Å². The molecule has 0 spiro atoms. The van der Waals surface area contributed by atoms with Gasteiger partial charge in [-0.2, -0.15) is 17.2 Å². The number of hydrogen-bond donors (Lipinski definition) is 0. The van der Waals surface area contributed by atoms with Gasteiger partial charge in [-0.15, -0.1) is 0 Å². The van der Waals surface area contributed by atoms with Gasteiger partial charge in [0.25, 0.3) is 0 Å². The molecule has 1 rings (SSSR count). The van der Waals surface area contributed by atoms with Crippen LogP contribution in [0.5, 0.6) is 5.75 Å². The average molecular weight is 310 g/mol. The highest BCUT2D eigenvalue weighted by Crippen LogP contribution is 2.26. The third kappa shape index (κ3) is 4.40. The van der Waals surface area contributed by atoms with E-state index in [1.54, 1.807) is 12.1 Å². The molecule has 0 fully saturated rings. The quantitative estimate of drug-likeness (QED) is 0.543. The van der Waals surface area contributed by atoms with Crippen molar-refractivity contribution in [1.82, 2.24) is 0 Å². The molecule has 0 bridgehead atoms. The number of halogens is 3. The van der Waals surface area contributed by atoms with Crippen LogP contribution in [0.1, 0.15) is 31.7 Å². The van der Waals surface area contributed by atoms with Crippen molar-refractivity contribution in [2.75, 3.05) is 6.67 Å². The molecule has 0 unspecified atom stereocenters. The van der Waals surface area contributed by atoms with Crippen molar-refractivity contribution in [2.24, 2.45) is 0 Å². The van der Waals surface area contributed by atoms with E-state index in [1.807, 2.05) is 0 Å². The summed E-state index contributed by atoms with van der Waals surface area (Å²) in [6.45, 7) is -0.239. The highest BCUT2D eigenvalue weighted by molar-refractivity contribution is 7.88. The number of rotatable bonds is 8. The Kier molecular flexibility index (Phi) is 5.86. The van der Waals surface area contributed by atoms with E-state index in [0.717, 1.165) is 31.2 Å². The first-order valence-electron chi connectivity index (χ1n) is 6.29. The molecular formula is C13H17F3O3S. The van der Waals surface area contributed by atoms with Gasteiger partial charge in [0.2, 0.25) is 0 Å². The molecule has 0 amide bonds. The average Bonchev–Trinajstić information content (AvgIpc) is 2.40. The van der Waals surface area contributed by atoms with Gasteiger partial charge >= 0.3 is 15.4 Å². The van der Waals surface area contributed by atoms with Gasteiger partial charge in [-0.1, -0.05) is 31.9 Å². The van der Waals surface area contributed by atoms with Crippen LogP contribution in [0.25, 0.3) is 0 Å². The van der Waals surface area contributed by atoms with E-state index in [1.165, 1.54) is 12.1 Å². The van der Waals surface area contributed by atoms with Crippen LogP contribution in [0.2, 0.25) is 0 Å². The van der Waals surface area contributed by atoms with Gasteiger partial charge < -0.3 is 4.18 Å². The second-order valence-corrected chi connectivity index (χ2v) is 6.08. The fourth-order valence-electron chi connectivity index (χ4n) is 1.55. The zero-order valence-corrected chi connectivity index (χ0v) is 11.9. The fourth-order valence-corrected chi connectivity index (χ4v) is 2.17. The monoisotopic (exact) mass is 310 g/mol. The molecule has 0 aromatic heterocycles. The first kappa shape index (κ1) is 16.8. The molecule has 0 atom stereocenters. The van der Waals surface area contributed by atoms with Crippen molar-refractivity contribution in [1.29, 1.82) is 0 Å². The smallest absolute Gasteiger partial charge is 0.378 e. The van der Waals surface area contributed by atoms with Crippen LogP contribution in [0.15, 0.2) is 24.3 Å². The summed E-state index contributed by atoms with van der Waals surface area (Å²) in [5, 5.41) is -4.53. The van der Waals surface area contributed by atoms with Crippen LogP contribution >= 0.6 is 0 Å². The van der Waals surface area contributed by atoms with E-state index in [9.17, 15) is 21.6 Å². The van der Waals surface area contributed by atoms with E-state index in [-0.39, 0.29) is 5.75 Å². The van der Waals surface area contributed by atoms with Crippen LogP contribution in [0, 0.1) is 0 Å². The minimum absolute atomic E-state index is 0.252. The SMILES string of the molecule is CCCCCc1ccc(OS(=O)(=O)C(F)(F)CF)cc1. The standard InChI is InChI=1S/C13H17F3O3S/c1-2-3-4-5-11-6-8-12(9-7-11)19-20(17,18)13(15,16)10-14/h6-9H,2-5,10H2,1H3. The molecule has 0 aliphatic carbocycles. The van der Waals surface area contributed by atoms with Crippen molar-refractivity contribution in [3.63, 3.8) is 0 Å². The lowest BCUT2D eigenvalue weighted by Gasteiger charge is -2.13. The summed E-state index contributed by atoms with van der Waals surface area (Å²) < 4.78 is 64.1. The van der Waals surface area contributed by atoms with Crippen molar-refractivity contribution in [3.8, 4) is 5.75 Å². The molecule has 0 heterocycles. The summed E-state index contributed by atoms with van der Waals surface area (Å²) in [6, 6.07) is 5.78. The Balaban J connectivity index is 2.70. The number of aryl methyl sites for hydroxylation is 1. The Morgan fingerprint density at radius 2 is 1.75 bits per heavy atom. The lowest BCUT2D eigenvalue weighted by molar-refractivity contribution is 0.0538. The third-order valence-corrected chi connectivity index (χ3v) is 3.97. The van der Waals surface area contributed by atoms with Gasteiger partial charge in [0.15, 0.2) is 6.67 Å². The predicted molar refractivity (Wildman–Crippen MR) is 70.1 cm³/mol. The molecule has 1 aromatic carbocycles. The first-order valence-corrected chi connectivity index (χ1v) is 7.70. The summed E-state index contributed by atoms with van der Waals surface area (Å²) in [4.78, 5) is 0. The fraction of sp³-hybridized carbons (Fsp3) is 0.538. The largest absolute Gasteiger partial charge is 0.407 e. The molecule has 20 heavy (non-hydrogen) atoms. The predicted octanol–water partition coefficient (Wildman–Crippen LogP) is 3.69.